The van der Waals surface area contributed by atoms with Crippen molar-refractivity contribution >= 4 is 27.5 Å². The quantitative estimate of drug-likeness (QED) is 0.547. The van der Waals surface area contributed by atoms with Gasteiger partial charge < -0.3 is 9.47 Å². The van der Waals surface area contributed by atoms with E-state index < -0.39 is 5.97 Å². The molecule has 108 valence electrons. The molecule has 0 bridgehead atoms. The minimum Gasteiger partial charge on any atom is -0.493 e. The van der Waals surface area contributed by atoms with E-state index in [1.807, 2.05) is 6.07 Å². The highest BCUT2D eigenvalue weighted by molar-refractivity contribution is 7.16. The molecule has 6 heteroatoms. The van der Waals surface area contributed by atoms with E-state index in [9.17, 15) is 4.79 Å². The summed E-state index contributed by atoms with van der Waals surface area (Å²) in [6.45, 7) is 0. The third-order valence-electron chi connectivity index (χ3n) is 3.06. The molecule has 3 rings (SSSR count). The standard InChI is InChI=1S/C16H10N2O3S/c1-20-14-6-10(8-17)2-5-13(14)21-16(19)11-3-4-12-15(7-11)22-9-18-12/h2-7,9H,1H3. The highest BCUT2D eigenvalue weighted by Crippen LogP contribution is 2.29. The molecule has 0 radical (unpaired) electrons. The molecule has 0 aliphatic heterocycles. The zero-order valence-corrected chi connectivity index (χ0v) is 12.4. The van der Waals surface area contributed by atoms with Crippen LogP contribution in [0, 0.1) is 11.3 Å². The van der Waals surface area contributed by atoms with Crippen LogP contribution >= 0.6 is 11.3 Å². The fourth-order valence-corrected chi connectivity index (χ4v) is 2.68. The van der Waals surface area contributed by atoms with E-state index in [2.05, 4.69) is 4.98 Å². The third-order valence-corrected chi connectivity index (χ3v) is 3.85. The van der Waals surface area contributed by atoms with Crippen LogP contribution in [0.1, 0.15) is 15.9 Å². The van der Waals surface area contributed by atoms with Gasteiger partial charge in [-0.15, -0.1) is 11.3 Å². The molecule has 0 amide bonds. The van der Waals surface area contributed by atoms with Crippen molar-refractivity contribution in [1.82, 2.24) is 4.98 Å². The topological polar surface area (TPSA) is 72.2 Å². The fraction of sp³-hybridized carbons (Fsp3) is 0.0625. The smallest absolute Gasteiger partial charge is 0.343 e. The number of esters is 1. The average molecular weight is 310 g/mol. The molecule has 0 atom stereocenters. The molecule has 5 nitrogen and oxygen atoms in total. The van der Waals surface area contributed by atoms with Gasteiger partial charge in [-0.25, -0.2) is 9.78 Å². The van der Waals surface area contributed by atoms with Crippen LogP contribution in [0.15, 0.2) is 41.9 Å². The van der Waals surface area contributed by atoms with E-state index in [4.69, 9.17) is 14.7 Å². The van der Waals surface area contributed by atoms with Crippen LogP contribution in [0.25, 0.3) is 10.2 Å². The Morgan fingerprint density at radius 3 is 2.86 bits per heavy atom. The maximum Gasteiger partial charge on any atom is 0.343 e. The Morgan fingerprint density at radius 1 is 1.23 bits per heavy atom. The normalized spacial score (nSPS) is 10.2. The Kier molecular flexibility index (Phi) is 3.73. The monoisotopic (exact) mass is 310 g/mol. The number of methoxy groups -OCH3 is 1. The van der Waals surface area contributed by atoms with Crippen molar-refractivity contribution < 1.29 is 14.3 Å². The molecule has 1 aromatic heterocycles. The molecule has 0 saturated carbocycles. The molecule has 0 fully saturated rings. The minimum atomic E-state index is -0.488. The molecule has 0 aliphatic carbocycles. The molecule has 0 saturated heterocycles. The number of benzene rings is 2. The van der Waals surface area contributed by atoms with Gasteiger partial charge in [0.05, 0.1) is 40.0 Å². The second kappa shape index (κ2) is 5.84. The highest BCUT2D eigenvalue weighted by Gasteiger charge is 2.14. The number of nitrogens with zero attached hydrogens (tertiary/aromatic N) is 2. The van der Waals surface area contributed by atoms with Gasteiger partial charge in [0.1, 0.15) is 0 Å². The predicted molar refractivity (Wildman–Crippen MR) is 82.3 cm³/mol. The molecule has 3 aromatic rings. The summed E-state index contributed by atoms with van der Waals surface area (Å²) < 4.78 is 11.4. The molecular formula is C16H10N2O3S. The minimum absolute atomic E-state index is 0.274. The van der Waals surface area contributed by atoms with Crippen molar-refractivity contribution in [3.05, 3.63) is 53.0 Å². The third kappa shape index (κ3) is 2.62. The van der Waals surface area contributed by atoms with Crippen molar-refractivity contribution in [1.29, 1.82) is 5.26 Å². The van der Waals surface area contributed by atoms with Crippen molar-refractivity contribution in [2.24, 2.45) is 0 Å². The second-order valence-electron chi connectivity index (χ2n) is 4.40. The predicted octanol–water partition coefficient (Wildman–Crippen LogP) is 3.40. The van der Waals surface area contributed by atoms with Gasteiger partial charge in [0.2, 0.25) is 0 Å². The van der Waals surface area contributed by atoms with Crippen LogP contribution in [0.5, 0.6) is 11.5 Å². The first-order chi connectivity index (χ1) is 10.7. The number of hydrogen-bond donors (Lipinski definition) is 0. The molecule has 1 heterocycles. The van der Waals surface area contributed by atoms with Gasteiger partial charge in [-0.1, -0.05) is 0 Å². The van der Waals surface area contributed by atoms with Crippen LogP contribution in [-0.2, 0) is 0 Å². The van der Waals surface area contributed by atoms with E-state index >= 15 is 0 Å². The van der Waals surface area contributed by atoms with Crippen LogP contribution < -0.4 is 9.47 Å². The van der Waals surface area contributed by atoms with E-state index in [-0.39, 0.29) is 5.75 Å². The first kappa shape index (κ1) is 14.0. The SMILES string of the molecule is COc1cc(C#N)ccc1OC(=O)c1ccc2ncsc2c1. The largest absolute Gasteiger partial charge is 0.493 e. The van der Waals surface area contributed by atoms with E-state index in [0.29, 0.717) is 16.9 Å². The number of nitriles is 1. The summed E-state index contributed by atoms with van der Waals surface area (Å²) in [7, 11) is 1.46. The Balaban J connectivity index is 1.89. The molecule has 2 aromatic carbocycles. The first-order valence-electron chi connectivity index (χ1n) is 6.35. The van der Waals surface area contributed by atoms with Crippen LogP contribution in [0.4, 0.5) is 0 Å². The Bertz CT molecular complexity index is 896. The number of hydrogen-bond acceptors (Lipinski definition) is 6. The lowest BCUT2D eigenvalue weighted by Crippen LogP contribution is -2.09. The van der Waals surface area contributed by atoms with Crippen molar-refractivity contribution in [3.8, 4) is 17.6 Å². The summed E-state index contributed by atoms with van der Waals surface area (Å²) in [5, 5.41) is 8.87. The summed E-state index contributed by atoms with van der Waals surface area (Å²) in [4.78, 5) is 16.4. The van der Waals surface area contributed by atoms with E-state index in [1.165, 1.54) is 24.5 Å². The molecule has 0 N–H and O–H groups in total. The number of fused-ring (bicyclic) bond motifs is 1. The summed E-state index contributed by atoms with van der Waals surface area (Å²) >= 11 is 1.46. The van der Waals surface area contributed by atoms with Gasteiger partial charge >= 0.3 is 5.97 Å². The lowest BCUT2D eigenvalue weighted by molar-refractivity contribution is 0.0730. The number of thiazole rings is 1. The van der Waals surface area contributed by atoms with Crippen molar-refractivity contribution in [3.63, 3.8) is 0 Å². The van der Waals surface area contributed by atoms with Gasteiger partial charge in [-0.05, 0) is 30.3 Å². The maximum absolute atomic E-state index is 12.2. The van der Waals surface area contributed by atoms with Gasteiger partial charge in [0.15, 0.2) is 11.5 Å². The molecule has 0 spiro atoms. The molecule has 22 heavy (non-hydrogen) atoms. The number of ether oxygens (including phenoxy) is 2. The molecular weight excluding hydrogens is 300 g/mol. The van der Waals surface area contributed by atoms with Gasteiger partial charge in [0.25, 0.3) is 0 Å². The number of aromatic nitrogens is 1. The average Bonchev–Trinajstić information content (AvgIpc) is 3.02. The Labute approximate surface area is 130 Å². The molecule has 0 aliphatic rings. The van der Waals surface area contributed by atoms with E-state index in [1.54, 1.807) is 35.8 Å². The number of carbonyl (C=O) groups excluding carboxylic acids is 1. The summed E-state index contributed by atoms with van der Waals surface area (Å²) in [5.41, 5.74) is 3.44. The Morgan fingerprint density at radius 2 is 2.09 bits per heavy atom. The summed E-state index contributed by atoms with van der Waals surface area (Å²) in [6.07, 6.45) is 0. The van der Waals surface area contributed by atoms with E-state index in [0.717, 1.165) is 10.2 Å². The van der Waals surface area contributed by atoms with Crippen molar-refractivity contribution in [2.45, 2.75) is 0 Å². The Hall–Kier alpha value is -2.91. The first-order valence-corrected chi connectivity index (χ1v) is 7.23. The highest BCUT2D eigenvalue weighted by atomic mass is 32.1. The fourth-order valence-electron chi connectivity index (χ4n) is 1.96. The van der Waals surface area contributed by atoms with Gasteiger partial charge in [-0.2, -0.15) is 5.26 Å². The second-order valence-corrected chi connectivity index (χ2v) is 5.29. The summed E-state index contributed by atoms with van der Waals surface area (Å²) in [6, 6.07) is 11.8. The van der Waals surface area contributed by atoms with Gasteiger partial charge in [-0.3, -0.25) is 0 Å². The maximum atomic E-state index is 12.2. The van der Waals surface area contributed by atoms with Crippen molar-refractivity contribution in [2.75, 3.05) is 7.11 Å². The number of rotatable bonds is 3. The lowest BCUT2D eigenvalue weighted by atomic mass is 10.2. The molecule has 0 unspecified atom stereocenters. The zero-order chi connectivity index (χ0) is 15.5. The van der Waals surface area contributed by atoms with Gasteiger partial charge in [0, 0.05) is 6.07 Å². The van der Waals surface area contributed by atoms with Crippen LogP contribution in [-0.4, -0.2) is 18.1 Å². The summed E-state index contributed by atoms with van der Waals surface area (Å²) in [5.74, 6) is 0.125. The lowest BCUT2D eigenvalue weighted by Gasteiger charge is -2.09. The zero-order valence-electron chi connectivity index (χ0n) is 11.6. The van der Waals surface area contributed by atoms with Crippen LogP contribution in [0.2, 0.25) is 0 Å². The number of carbonyl (C=O) groups is 1. The van der Waals surface area contributed by atoms with Crippen LogP contribution in [0.3, 0.4) is 0 Å².